The van der Waals surface area contributed by atoms with Crippen molar-refractivity contribution in [2.75, 3.05) is 0 Å². The minimum absolute atomic E-state index is 0.140. The molecule has 0 aromatic carbocycles. The molecule has 0 bridgehead atoms. The zero-order valence-corrected chi connectivity index (χ0v) is 9.13. The highest BCUT2D eigenvalue weighted by molar-refractivity contribution is 5.78. The van der Waals surface area contributed by atoms with Crippen LogP contribution in [-0.4, -0.2) is 22.2 Å². The van der Waals surface area contributed by atoms with E-state index in [9.17, 15) is 9.59 Å². The normalized spacial score (nSPS) is 16.0. The van der Waals surface area contributed by atoms with E-state index in [0.717, 1.165) is 0 Å². The van der Waals surface area contributed by atoms with Gasteiger partial charge in [0.15, 0.2) is 0 Å². The topological polar surface area (TPSA) is 74.6 Å². The molecule has 0 fully saturated rings. The Bertz CT molecular complexity index is 245. The summed E-state index contributed by atoms with van der Waals surface area (Å²) in [5.74, 6) is -1.90. The molecule has 0 aliphatic rings. The Morgan fingerprint density at radius 3 is 1.71 bits per heavy atom. The molecule has 1 atom stereocenters. The average Bonchev–Trinajstić information content (AvgIpc) is 2.02. The minimum Gasteiger partial charge on any atom is -0.481 e. The molecule has 0 spiro atoms. The molecule has 0 aliphatic carbocycles. The molecule has 4 heteroatoms. The molecule has 0 heterocycles. The first-order chi connectivity index (χ1) is 6.15. The first-order valence-electron chi connectivity index (χ1n) is 4.62. The third-order valence-corrected chi connectivity index (χ3v) is 2.71. The van der Waals surface area contributed by atoms with Gasteiger partial charge in [-0.05, 0) is 33.6 Å². The van der Waals surface area contributed by atoms with Crippen molar-refractivity contribution in [3.63, 3.8) is 0 Å². The molecule has 0 aromatic heterocycles. The maximum Gasteiger partial charge on any atom is 0.309 e. The smallest absolute Gasteiger partial charge is 0.309 e. The summed E-state index contributed by atoms with van der Waals surface area (Å²) in [7, 11) is 0. The van der Waals surface area contributed by atoms with Crippen molar-refractivity contribution in [1.29, 1.82) is 0 Å². The quantitative estimate of drug-likeness (QED) is 0.714. The molecule has 0 saturated carbocycles. The number of hydrogen-bond acceptors (Lipinski definition) is 2. The van der Waals surface area contributed by atoms with E-state index in [-0.39, 0.29) is 6.42 Å². The molecule has 4 nitrogen and oxygen atoms in total. The Hall–Kier alpha value is -1.06. The third-order valence-electron chi connectivity index (χ3n) is 2.71. The fourth-order valence-corrected chi connectivity index (χ4v) is 1.40. The van der Waals surface area contributed by atoms with Crippen LogP contribution in [0.15, 0.2) is 0 Å². The van der Waals surface area contributed by atoms with Crippen LogP contribution in [0.25, 0.3) is 0 Å². The Morgan fingerprint density at radius 2 is 1.50 bits per heavy atom. The maximum absolute atomic E-state index is 11.0. The minimum atomic E-state index is -0.997. The Labute approximate surface area is 83.9 Å². The molecule has 0 rings (SSSR count). The van der Waals surface area contributed by atoms with Gasteiger partial charge >= 0.3 is 11.9 Å². The predicted octanol–water partition coefficient (Wildman–Crippen LogP) is 1.99. The molecule has 1 unspecified atom stereocenters. The van der Waals surface area contributed by atoms with Crippen molar-refractivity contribution in [1.82, 2.24) is 0 Å². The van der Waals surface area contributed by atoms with Crippen LogP contribution in [0.4, 0.5) is 0 Å². The molecule has 14 heavy (non-hydrogen) atoms. The van der Waals surface area contributed by atoms with Crippen LogP contribution in [0.1, 0.15) is 40.5 Å². The van der Waals surface area contributed by atoms with Gasteiger partial charge in [-0.1, -0.05) is 6.92 Å². The number of carboxylic acid groups (broad SMARTS) is 2. The average molecular weight is 202 g/mol. The summed E-state index contributed by atoms with van der Waals surface area (Å²) in [5.41, 5.74) is -1.95. The van der Waals surface area contributed by atoms with E-state index < -0.39 is 22.8 Å². The van der Waals surface area contributed by atoms with Gasteiger partial charge in [-0.25, -0.2) is 0 Å². The summed E-state index contributed by atoms with van der Waals surface area (Å²) in [4.78, 5) is 21.8. The zero-order chi connectivity index (χ0) is 11.6. The molecular formula is C10H18O4. The van der Waals surface area contributed by atoms with Crippen LogP contribution in [-0.2, 0) is 9.59 Å². The Kier molecular flexibility index (Phi) is 3.68. The highest BCUT2D eigenvalue weighted by atomic mass is 16.4. The van der Waals surface area contributed by atoms with Crippen molar-refractivity contribution >= 4 is 11.9 Å². The molecule has 0 aromatic rings. The summed E-state index contributed by atoms with van der Waals surface area (Å²) in [6.45, 7) is 6.43. The molecule has 0 radical (unpaired) electrons. The molecule has 82 valence electrons. The van der Waals surface area contributed by atoms with E-state index in [1.54, 1.807) is 27.7 Å². The van der Waals surface area contributed by atoms with Gasteiger partial charge in [0.25, 0.3) is 0 Å². The monoisotopic (exact) mass is 202 g/mol. The SMILES string of the molecule is CCC(C)(CC(C)(C)C(=O)O)C(=O)O. The van der Waals surface area contributed by atoms with E-state index in [1.165, 1.54) is 0 Å². The number of aliphatic carboxylic acids is 2. The van der Waals surface area contributed by atoms with Crippen LogP contribution in [0.3, 0.4) is 0 Å². The second kappa shape index (κ2) is 3.98. The van der Waals surface area contributed by atoms with Crippen molar-refractivity contribution in [2.45, 2.75) is 40.5 Å². The zero-order valence-electron chi connectivity index (χ0n) is 9.13. The van der Waals surface area contributed by atoms with E-state index >= 15 is 0 Å². The van der Waals surface area contributed by atoms with E-state index in [2.05, 4.69) is 0 Å². The summed E-state index contributed by atoms with van der Waals surface area (Å²) in [6.07, 6.45) is 0.570. The van der Waals surface area contributed by atoms with Crippen molar-refractivity contribution in [3.05, 3.63) is 0 Å². The summed E-state index contributed by atoms with van der Waals surface area (Å²) < 4.78 is 0. The summed E-state index contributed by atoms with van der Waals surface area (Å²) >= 11 is 0. The molecule has 0 amide bonds. The Morgan fingerprint density at radius 1 is 1.07 bits per heavy atom. The van der Waals surface area contributed by atoms with Gasteiger partial charge in [0.05, 0.1) is 10.8 Å². The second-order valence-electron chi connectivity index (χ2n) is 4.59. The van der Waals surface area contributed by atoms with Gasteiger partial charge in [-0.3, -0.25) is 9.59 Å². The molecular weight excluding hydrogens is 184 g/mol. The largest absolute Gasteiger partial charge is 0.481 e. The number of hydrogen-bond donors (Lipinski definition) is 2. The fourth-order valence-electron chi connectivity index (χ4n) is 1.40. The lowest BCUT2D eigenvalue weighted by atomic mass is 9.72. The fraction of sp³-hybridized carbons (Fsp3) is 0.800. The lowest BCUT2D eigenvalue weighted by Gasteiger charge is -2.30. The highest BCUT2D eigenvalue weighted by Gasteiger charge is 2.40. The van der Waals surface area contributed by atoms with Gasteiger partial charge < -0.3 is 10.2 Å². The third kappa shape index (κ3) is 2.72. The van der Waals surface area contributed by atoms with Crippen LogP contribution >= 0.6 is 0 Å². The van der Waals surface area contributed by atoms with E-state index in [0.29, 0.717) is 6.42 Å². The molecule has 0 saturated heterocycles. The molecule has 2 N–H and O–H groups in total. The highest BCUT2D eigenvalue weighted by Crippen LogP contribution is 2.36. The summed E-state index contributed by atoms with van der Waals surface area (Å²) in [5, 5.41) is 17.9. The van der Waals surface area contributed by atoms with Crippen molar-refractivity contribution in [2.24, 2.45) is 10.8 Å². The maximum atomic E-state index is 11.0. The first-order valence-corrected chi connectivity index (χ1v) is 4.62. The number of carbonyl (C=O) groups is 2. The van der Waals surface area contributed by atoms with Crippen LogP contribution in [0.5, 0.6) is 0 Å². The predicted molar refractivity (Wildman–Crippen MR) is 52.1 cm³/mol. The van der Waals surface area contributed by atoms with Gasteiger partial charge in [0.2, 0.25) is 0 Å². The van der Waals surface area contributed by atoms with Crippen LogP contribution < -0.4 is 0 Å². The van der Waals surface area contributed by atoms with Crippen LogP contribution in [0, 0.1) is 10.8 Å². The number of rotatable bonds is 5. The standard InChI is InChI=1S/C10H18O4/c1-5-10(4,8(13)14)6-9(2,3)7(11)12/h5-6H2,1-4H3,(H,11,12)(H,13,14). The van der Waals surface area contributed by atoms with Gasteiger partial charge in [0, 0.05) is 0 Å². The lowest BCUT2D eigenvalue weighted by molar-refractivity contribution is -0.155. The van der Waals surface area contributed by atoms with Crippen molar-refractivity contribution in [3.8, 4) is 0 Å². The van der Waals surface area contributed by atoms with E-state index in [4.69, 9.17) is 10.2 Å². The Balaban J connectivity index is 4.79. The lowest BCUT2D eigenvalue weighted by Crippen LogP contribution is -2.36. The van der Waals surface area contributed by atoms with Crippen LogP contribution in [0.2, 0.25) is 0 Å². The second-order valence-corrected chi connectivity index (χ2v) is 4.59. The summed E-state index contributed by atoms with van der Waals surface area (Å²) in [6, 6.07) is 0. The first kappa shape index (κ1) is 12.9. The van der Waals surface area contributed by atoms with E-state index in [1.807, 2.05) is 0 Å². The van der Waals surface area contributed by atoms with Gasteiger partial charge in [-0.15, -0.1) is 0 Å². The van der Waals surface area contributed by atoms with Gasteiger partial charge in [-0.2, -0.15) is 0 Å². The van der Waals surface area contributed by atoms with Crippen molar-refractivity contribution < 1.29 is 19.8 Å². The molecule has 0 aliphatic heterocycles. The number of carboxylic acids is 2. The van der Waals surface area contributed by atoms with Gasteiger partial charge in [0.1, 0.15) is 0 Å².